The van der Waals surface area contributed by atoms with Gasteiger partial charge in [0.1, 0.15) is 6.04 Å². The molecule has 2 rings (SSSR count). The van der Waals surface area contributed by atoms with Gasteiger partial charge in [-0.25, -0.2) is 4.79 Å². The summed E-state index contributed by atoms with van der Waals surface area (Å²) in [5.74, 6) is -0.783. The molecule has 1 aliphatic rings. The van der Waals surface area contributed by atoms with Gasteiger partial charge >= 0.3 is 5.97 Å². The van der Waals surface area contributed by atoms with Crippen molar-refractivity contribution in [3.8, 4) is 0 Å². The Hall–Kier alpha value is -1.51. The Morgan fingerprint density at radius 2 is 2.38 bits per heavy atom. The highest BCUT2D eigenvalue weighted by atomic mass is 16.4. The summed E-state index contributed by atoms with van der Waals surface area (Å²) in [5, 5.41) is 11.8. The molecule has 1 aliphatic heterocycles. The van der Waals surface area contributed by atoms with Gasteiger partial charge in [-0.15, -0.1) is 0 Å². The van der Waals surface area contributed by atoms with Crippen molar-refractivity contribution in [1.82, 2.24) is 0 Å². The molecule has 1 aromatic carbocycles. The highest BCUT2D eigenvalue weighted by Gasteiger charge is 2.25. The number of rotatable bonds is 1. The minimum atomic E-state index is -0.783. The molecule has 2 N–H and O–H groups in total. The van der Waals surface area contributed by atoms with E-state index in [1.165, 1.54) is 0 Å². The van der Waals surface area contributed by atoms with Crippen LogP contribution >= 0.6 is 0 Å². The van der Waals surface area contributed by atoms with Crippen molar-refractivity contribution in [3.63, 3.8) is 0 Å². The molecule has 0 aromatic heterocycles. The number of benzene rings is 1. The maximum absolute atomic E-state index is 10.7. The summed E-state index contributed by atoms with van der Waals surface area (Å²) in [6.45, 7) is 2.00. The molecule has 1 aromatic rings. The van der Waals surface area contributed by atoms with Crippen LogP contribution in [0, 0.1) is 6.92 Å². The molecule has 13 heavy (non-hydrogen) atoms. The molecule has 0 saturated heterocycles. The average molecular weight is 177 g/mol. The predicted octanol–water partition coefficient (Wildman–Crippen LogP) is 1.42. The lowest BCUT2D eigenvalue weighted by Crippen LogP contribution is -2.26. The summed E-state index contributed by atoms with van der Waals surface area (Å²) in [4.78, 5) is 10.7. The monoisotopic (exact) mass is 177 g/mol. The fraction of sp³-hybridized carbons (Fsp3) is 0.300. The van der Waals surface area contributed by atoms with Crippen LogP contribution in [0.2, 0.25) is 0 Å². The third-order valence-corrected chi connectivity index (χ3v) is 2.32. The number of carboxylic acids is 1. The summed E-state index contributed by atoms with van der Waals surface area (Å²) >= 11 is 0. The third kappa shape index (κ3) is 1.37. The highest BCUT2D eigenvalue weighted by Crippen LogP contribution is 2.26. The van der Waals surface area contributed by atoms with E-state index in [9.17, 15) is 4.79 Å². The molecule has 0 fully saturated rings. The molecule has 3 heteroatoms. The zero-order valence-corrected chi connectivity index (χ0v) is 7.37. The van der Waals surface area contributed by atoms with E-state index in [4.69, 9.17) is 5.11 Å². The van der Waals surface area contributed by atoms with Crippen molar-refractivity contribution < 1.29 is 9.90 Å². The van der Waals surface area contributed by atoms with Gasteiger partial charge in [0.2, 0.25) is 0 Å². The lowest BCUT2D eigenvalue weighted by atomic mass is 10.1. The van der Waals surface area contributed by atoms with E-state index < -0.39 is 12.0 Å². The Labute approximate surface area is 76.4 Å². The van der Waals surface area contributed by atoms with Crippen molar-refractivity contribution in [1.29, 1.82) is 0 Å². The van der Waals surface area contributed by atoms with E-state index in [0.717, 1.165) is 16.8 Å². The van der Waals surface area contributed by atoms with E-state index >= 15 is 0 Å². The van der Waals surface area contributed by atoms with Crippen molar-refractivity contribution >= 4 is 11.7 Å². The molecular weight excluding hydrogens is 166 g/mol. The Morgan fingerprint density at radius 3 is 3.08 bits per heavy atom. The zero-order chi connectivity index (χ0) is 9.42. The first-order valence-corrected chi connectivity index (χ1v) is 4.25. The number of carbonyl (C=O) groups is 1. The van der Waals surface area contributed by atoms with Crippen molar-refractivity contribution in [3.05, 3.63) is 29.3 Å². The molecule has 0 saturated carbocycles. The molecule has 1 atom stereocenters. The topological polar surface area (TPSA) is 49.3 Å². The fourth-order valence-corrected chi connectivity index (χ4v) is 1.61. The van der Waals surface area contributed by atoms with Crippen molar-refractivity contribution in [2.24, 2.45) is 0 Å². The molecule has 1 heterocycles. The zero-order valence-electron chi connectivity index (χ0n) is 7.37. The number of anilines is 1. The van der Waals surface area contributed by atoms with E-state index in [1.54, 1.807) is 0 Å². The van der Waals surface area contributed by atoms with Gasteiger partial charge in [0.25, 0.3) is 0 Å². The summed E-state index contributed by atoms with van der Waals surface area (Å²) < 4.78 is 0. The fourth-order valence-electron chi connectivity index (χ4n) is 1.61. The van der Waals surface area contributed by atoms with Crippen LogP contribution in [-0.2, 0) is 11.2 Å². The summed E-state index contributed by atoms with van der Waals surface area (Å²) in [6.07, 6.45) is 0.588. The largest absolute Gasteiger partial charge is 0.480 e. The molecule has 0 aliphatic carbocycles. The second-order valence-electron chi connectivity index (χ2n) is 3.40. The standard InChI is InChI=1S/C10H11NO2/c1-6-2-3-7-5-9(10(12)13)11-8(7)4-6/h2-4,9,11H,5H2,1H3,(H,12,13). The van der Waals surface area contributed by atoms with Crippen LogP contribution in [-0.4, -0.2) is 17.1 Å². The third-order valence-electron chi connectivity index (χ3n) is 2.32. The summed E-state index contributed by atoms with van der Waals surface area (Å²) in [5.41, 5.74) is 3.21. The highest BCUT2D eigenvalue weighted by molar-refractivity contribution is 5.81. The number of fused-ring (bicyclic) bond motifs is 1. The molecule has 1 unspecified atom stereocenters. The van der Waals surface area contributed by atoms with Gasteiger partial charge in [0.05, 0.1) is 0 Å². The van der Waals surface area contributed by atoms with E-state index in [0.29, 0.717) is 6.42 Å². The Kier molecular flexibility index (Phi) is 1.72. The molecule has 3 nitrogen and oxygen atoms in total. The van der Waals surface area contributed by atoms with Crippen LogP contribution in [0.1, 0.15) is 11.1 Å². The number of hydrogen-bond donors (Lipinski definition) is 2. The van der Waals surface area contributed by atoms with Crippen LogP contribution in [0.4, 0.5) is 5.69 Å². The second kappa shape index (κ2) is 2.76. The van der Waals surface area contributed by atoms with Gasteiger partial charge in [0.15, 0.2) is 0 Å². The predicted molar refractivity (Wildman–Crippen MR) is 49.9 cm³/mol. The van der Waals surface area contributed by atoms with Gasteiger partial charge in [0, 0.05) is 12.1 Å². The van der Waals surface area contributed by atoms with Crippen LogP contribution in [0.5, 0.6) is 0 Å². The first kappa shape index (κ1) is 8.10. The molecule has 0 bridgehead atoms. The van der Waals surface area contributed by atoms with Crippen LogP contribution in [0.15, 0.2) is 18.2 Å². The molecule has 68 valence electrons. The van der Waals surface area contributed by atoms with E-state index in [2.05, 4.69) is 5.32 Å². The average Bonchev–Trinajstić information content (AvgIpc) is 2.46. The van der Waals surface area contributed by atoms with Crippen LogP contribution in [0.25, 0.3) is 0 Å². The normalized spacial score (nSPS) is 19.3. The summed E-state index contributed by atoms with van der Waals surface area (Å²) in [6, 6.07) is 5.53. The maximum atomic E-state index is 10.7. The molecule has 0 radical (unpaired) electrons. The number of carboxylic acid groups (broad SMARTS) is 1. The molecule has 0 spiro atoms. The second-order valence-corrected chi connectivity index (χ2v) is 3.40. The Balaban J connectivity index is 2.30. The number of aliphatic carboxylic acids is 1. The molecule has 0 amide bonds. The van der Waals surface area contributed by atoms with E-state index in [1.807, 2.05) is 25.1 Å². The van der Waals surface area contributed by atoms with Gasteiger partial charge in [-0.3, -0.25) is 0 Å². The first-order valence-electron chi connectivity index (χ1n) is 4.25. The minimum absolute atomic E-state index is 0.447. The van der Waals surface area contributed by atoms with Crippen molar-refractivity contribution in [2.45, 2.75) is 19.4 Å². The van der Waals surface area contributed by atoms with Crippen molar-refractivity contribution in [2.75, 3.05) is 5.32 Å². The maximum Gasteiger partial charge on any atom is 0.326 e. The summed E-state index contributed by atoms with van der Waals surface area (Å²) in [7, 11) is 0. The van der Waals surface area contributed by atoms with Gasteiger partial charge < -0.3 is 10.4 Å². The van der Waals surface area contributed by atoms with Gasteiger partial charge in [-0.2, -0.15) is 0 Å². The van der Waals surface area contributed by atoms with Gasteiger partial charge in [-0.1, -0.05) is 12.1 Å². The van der Waals surface area contributed by atoms with Crippen LogP contribution in [0.3, 0.4) is 0 Å². The lowest BCUT2D eigenvalue weighted by molar-refractivity contribution is -0.137. The quantitative estimate of drug-likeness (QED) is 0.682. The minimum Gasteiger partial charge on any atom is -0.480 e. The first-order chi connectivity index (χ1) is 6.16. The van der Waals surface area contributed by atoms with E-state index in [-0.39, 0.29) is 0 Å². The number of aryl methyl sites for hydroxylation is 1. The number of hydrogen-bond acceptors (Lipinski definition) is 2. The Bertz CT molecular complexity index is 360. The van der Waals surface area contributed by atoms with Gasteiger partial charge in [-0.05, 0) is 24.1 Å². The smallest absolute Gasteiger partial charge is 0.326 e. The molecular formula is C10H11NO2. The lowest BCUT2D eigenvalue weighted by Gasteiger charge is -2.03. The Morgan fingerprint density at radius 1 is 1.62 bits per heavy atom. The SMILES string of the molecule is Cc1ccc2c(c1)NC(C(=O)O)C2. The number of nitrogens with one attached hydrogen (secondary N) is 1. The van der Waals surface area contributed by atoms with Crippen LogP contribution < -0.4 is 5.32 Å².